The van der Waals surface area contributed by atoms with Crippen molar-refractivity contribution in [3.05, 3.63) is 18.2 Å². The Labute approximate surface area is 297 Å². The van der Waals surface area contributed by atoms with E-state index in [1.165, 1.54) is 44.9 Å². The van der Waals surface area contributed by atoms with Crippen molar-refractivity contribution in [2.24, 2.45) is 52.3 Å². The predicted molar refractivity (Wildman–Crippen MR) is 196 cm³/mol. The van der Waals surface area contributed by atoms with Gasteiger partial charge in [-0.25, -0.2) is 9.78 Å². The van der Waals surface area contributed by atoms with Gasteiger partial charge in [-0.15, -0.1) is 0 Å². The van der Waals surface area contributed by atoms with E-state index in [1.807, 2.05) is 6.20 Å². The summed E-state index contributed by atoms with van der Waals surface area (Å²) in [4.78, 5) is 33.3. The highest BCUT2D eigenvalue weighted by Crippen LogP contribution is 2.69. The largest absolute Gasteiger partial charge is 0.461 e. The Hall–Kier alpha value is -1.93. The SMILES string of the molecule is CCC(=O)NC(CC(C)C)C(=O)O[C@H]1CC[C@]2(C)[C@H]3CC[C@]4(C)[C@@H](C(C)CCCC(C)C)CC[C@H]4[C@@H]3C[C@@H](NCCc3cnc[nH]3)[C@@]2(O)C1. The second kappa shape index (κ2) is 15.8. The number of fused-ring (bicyclic) bond motifs is 5. The number of ether oxygens (including phenoxy) is 1. The summed E-state index contributed by atoms with van der Waals surface area (Å²) in [5.41, 5.74) is 0.195. The van der Waals surface area contributed by atoms with Crippen molar-refractivity contribution in [2.45, 2.75) is 169 Å². The van der Waals surface area contributed by atoms with Gasteiger partial charge >= 0.3 is 5.97 Å². The van der Waals surface area contributed by atoms with Crippen molar-refractivity contribution in [1.82, 2.24) is 20.6 Å². The molecular weight excluding hydrogens is 612 g/mol. The number of imidazole rings is 1. The molecule has 278 valence electrons. The minimum atomic E-state index is -0.999. The fourth-order valence-corrected chi connectivity index (χ4v) is 11.7. The molecule has 8 heteroatoms. The van der Waals surface area contributed by atoms with E-state index in [1.54, 1.807) is 13.3 Å². The Bertz CT molecular complexity index is 1240. The fourth-order valence-electron chi connectivity index (χ4n) is 11.7. The zero-order chi connectivity index (χ0) is 35.6. The smallest absolute Gasteiger partial charge is 0.328 e. The van der Waals surface area contributed by atoms with Crippen LogP contribution < -0.4 is 10.6 Å². The van der Waals surface area contributed by atoms with Gasteiger partial charge in [0.15, 0.2) is 0 Å². The molecule has 0 saturated heterocycles. The first kappa shape index (κ1) is 38.3. The van der Waals surface area contributed by atoms with Gasteiger partial charge in [0.2, 0.25) is 5.91 Å². The van der Waals surface area contributed by atoms with Gasteiger partial charge in [0.1, 0.15) is 12.1 Å². The third-order valence-electron chi connectivity index (χ3n) is 14.3. The van der Waals surface area contributed by atoms with Crippen LogP contribution in [-0.2, 0) is 20.7 Å². The van der Waals surface area contributed by atoms with E-state index in [4.69, 9.17) is 4.74 Å². The van der Waals surface area contributed by atoms with Gasteiger partial charge in [-0.2, -0.15) is 0 Å². The summed E-state index contributed by atoms with van der Waals surface area (Å²) in [5.74, 6) is 3.80. The van der Waals surface area contributed by atoms with Crippen molar-refractivity contribution < 1.29 is 19.4 Å². The third kappa shape index (κ3) is 7.95. The standard InChI is InChI=1S/C41H70N4O4/c1-9-37(46)45-35(21-27(4)5)38(47)49-30-15-19-40(8)34-16-18-39(7)32(28(6)12-10-11-26(2)3)13-14-33(39)31(34)22-36(41(40,48)23-30)43-20-17-29-24-42-25-44-29/h24-28,30-36,43,48H,9-23H2,1-8H3,(H,42,44)(H,45,46)/t28?,30-,31-,32+,33-,34-,35?,36+,39+,40+,41-/m0/s1. The maximum atomic E-state index is 13.6. The van der Waals surface area contributed by atoms with E-state index in [2.05, 4.69) is 69.1 Å². The van der Waals surface area contributed by atoms with Crippen molar-refractivity contribution >= 4 is 11.9 Å². The summed E-state index contributed by atoms with van der Waals surface area (Å²) in [6, 6.07) is -0.743. The van der Waals surface area contributed by atoms with Gasteiger partial charge in [-0.3, -0.25) is 4.79 Å². The normalized spacial score (nSPS) is 36.9. The molecule has 4 fully saturated rings. The number of aromatic amines is 1. The van der Waals surface area contributed by atoms with E-state index in [-0.39, 0.29) is 35.4 Å². The van der Waals surface area contributed by atoms with Gasteiger partial charge in [0.25, 0.3) is 0 Å². The highest BCUT2D eigenvalue weighted by molar-refractivity contribution is 5.84. The first-order valence-electron chi connectivity index (χ1n) is 20.1. The fraction of sp³-hybridized carbons (Fsp3) is 0.878. The number of nitrogens with zero attached hydrogens (tertiary/aromatic N) is 1. The summed E-state index contributed by atoms with van der Waals surface area (Å²) >= 11 is 0. The number of aliphatic hydroxyl groups is 1. The molecule has 0 bridgehead atoms. The van der Waals surface area contributed by atoms with Crippen LogP contribution in [0.4, 0.5) is 0 Å². The average Bonchev–Trinajstić information content (AvgIpc) is 3.69. The minimum Gasteiger partial charge on any atom is -0.461 e. The Morgan fingerprint density at radius 2 is 1.82 bits per heavy atom. The molecule has 1 amide bonds. The molecule has 4 aliphatic carbocycles. The predicted octanol–water partition coefficient (Wildman–Crippen LogP) is 7.61. The van der Waals surface area contributed by atoms with E-state index in [9.17, 15) is 14.7 Å². The number of amides is 1. The molecule has 8 nitrogen and oxygen atoms in total. The third-order valence-corrected chi connectivity index (χ3v) is 14.3. The first-order valence-corrected chi connectivity index (χ1v) is 20.1. The van der Waals surface area contributed by atoms with Crippen molar-refractivity contribution in [2.75, 3.05) is 6.54 Å². The highest BCUT2D eigenvalue weighted by Gasteiger charge is 2.67. The highest BCUT2D eigenvalue weighted by atomic mass is 16.5. The lowest BCUT2D eigenvalue weighted by atomic mass is 9.42. The maximum Gasteiger partial charge on any atom is 0.328 e. The molecule has 1 aromatic rings. The van der Waals surface area contributed by atoms with Crippen molar-refractivity contribution in [1.29, 1.82) is 0 Å². The number of carbonyl (C=O) groups is 2. The number of hydrogen-bond donors (Lipinski definition) is 4. The molecule has 1 heterocycles. The van der Waals surface area contributed by atoms with Crippen LogP contribution in [0, 0.1) is 52.3 Å². The number of nitrogens with one attached hydrogen (secondary N) is 3. The molecule has 0 spiro atoms. The Morgan fingerprint density at radius 1 is 1.04 bits per heavy atom. The summed E-state index contributed by atoms with van der Waals surface area (Å²) in [6.45, 7) is 18.9. The van der Waals surface area contributed by atoms with Crippen LogP contribution in [0.1, 0.15) is 145 Å². The molecule has 1 aromatic heterocycles. The summed E-state index contributed by atoms with van der Waals surface area (Å²) < 4.78 is 6.22. The number of esters is 1. The van der Waals surface area contributed by atoms with E-state index in [0.29, 0.717) is 42.4 Å². The van der Waals surface area contributed by atoms with Crippen LogP contribution in [0.2, 0.25) is 0 Å². The molecule has 0 radical (unpaired) electrons. The Kier molecular flexibility index (Phi) is 12.3. The number of hydrogen-bond acceptors (Lipinski definition) is 6. The number of rotatable bonds is 15. The van der Waals surface area contributed by atoms with Gasteiger partial charge in [-0.05, 0) is 98.2 Å². The van der Waals surface area contributed by atoms with Gasteiger partial charge in [0, 0.05) is 49.2 Å². The second-order valence-corrected chi connectivity index (χ2v) is 18.2. The summed E-state index contributed by atoms with van der Waals surface area (Å²) in [5, 5.41) is 19.9. The monoisotopic (exact) mass is 683 g/mol. The molecular formula is C41H70N4O4. The topological polar surface area (TPSA) is 116 Å². The molecule has 49 heavy (non-hydrogen) atoms. The van der Waals surface area contributed by atoms with Crippen LogP contribution in [0.25, 0.3) is 0 Å². The van der Waals surface area contributed by atoms with E-state index < -0.39 is 11.6 Å². The number of aromatic nitrogens is 2. The molecule has 4 N–H and O–H groups in total. The quantitative estimate of drug-likeness (QED) is 0.142. The lowest BCUT2D eigenvalue weighted by molar-refractivity contribution is -0.237. The minimum absolute atomic E-state index is 0.0840. The zero-order valence-corrected chi connectivity index (χ0v) is 32.2. The van der Waals surface area contributed by atoms with E-state index >= 15 is 0 Å². The molecule has 5 rings (SSSR count). The van der Waals surface area contributed by atoms with E-state index in [0.717, 1.165) is 55.7 Å². The Morgan fingerprint density at radius 3 is 2.49 bits per heavy atom. The van der Waals surface area contributed by atoms with Crippen LogP contribution in [0.3, 0.4) is 0 Å². The number of carbonyl (C=O) groups excluding carboxylic acids is 2. The molecule has 11 atom stereocenters. The zero-order valence-electron chi connectivity index (χ0n) is 32.2. The van der Waals surface area contributed by atoms with Crippen LogP contribution in [-0.4, -0.2) is 57.3 Å². The van der Waals surface area contributed by atoms with Crippen LogP contribution >= 0.6 is 0 Å². The Balaban J connectivity index is 1.36. The van der Waals surface area contributed by atoms with Gasteiger partial charge in [-0.1, -0.05) is 74.7 Å². The van der Waals surface area contributed by atoms with Gasteiger partial charge in [0.05, 0.1) is 11.9 Å². The number of H-pyrrole nitrogens is 1. The molecule has 4 aliphatic rings. The molecule has 0 aliphatic heterocycles. The van der Waals surface area contributed by atoms with Gasteiger partial charge < -0.3 is 25.5 Å². The van der Waals surface area contributed by atoms with Crippen molar-refractivity contribution in [3.63, 3.8) is 0 Å². The second-order valence-electron chi connectivity index (χ2n) is 18.2. The molecule has 4 saturated carbocycles. The van der Waals surface area contributed by atoms with Crippen LogP contribution in [0.15, 0.2) is 12.5 Å². The first-order chi connectivity index (χ1) is 23.2. The lowest BCUT2D eigenvalue weighted by Crippen LogP contribution is -2.71. The molecule has 2 unspecified atom stereocenters. The average molecular weight is 683 g/mol. The van der Waals surface area contributed by atoms with Crippen LogP contribution in [0.5, 0.6) is 0 Å². The summed E-state index contributed by atoms with van der Waals surface area (Å²) in [7, 11) is 0. The lowest BCUT2D eigenvalue weighted by Gasteiger charge is -2.66. The van der Waals surface area contributed by atoms with Crippen molar-refractivity contribution in [3.8, 4) is 0 Å². The molecule has 0 aromatic carbocycles. The maximum absolute atomic E-state index is 13.6. The summed E-state index contributed by atoms with van der Waals surface area (Å²) in [6.07, 6.45) is 17.0.